The molecular weight excluding hydrogens is 290 g/mol. The Kier molecular flexibility index (Phi) is 5.02. The zero-order valence-corrected chi connectivity index (χ0v) is 13.5. The highest BCUT2D eigenvalue weighted by molar-refractivity contribution is 5.36. The third kappa shape index (κ3) is 3.96. The van der Waals surface area contributed by atoms with Crippen molar-refractivity contribution in [2.75, 3.05) is 31.6 Å². The first-order valence-corrected chi connectivity index (χ1v) is 8.11. The van der Waals surface area contributed by atoms with Gasteiger partial charge in [-0.05, 0) is 25.0 Å². The number of anilines is 1. The summed E-state index contributed by atoms with van der Waals surface area (Å²) < 4.78 is 1.78. The SMILES string of the molecule is CN(c1ccncn1)C1CCN(CCn2ccccc2=O)CC1. The van der Waals surface area contributed by atoms with E-state index in [0.29, 0.717) is 6.04 Å². The molecule has 0 unspecified atom stereocenters. The van der Waals surface area contributed by atoms with Crippen molar-refractivity contribution in [2.24, 2.45) is 0 Å². The topological polar surface area (TPSA) is 54.3 Å². The summed E-state index contributed by atoms with van der Waals surface area (Å²) in [6, 6.07) is 7.77. The number of hydrogen-bond donors (Lipinski definition) is 0. The smallest absolute Gasteiger partial charge is 0.250 e. The van der Waals surface area contributed by atoms with E-state index in [0.717, 1.165) is 44.8 Å². The molecule has 0 aliphatic carbocycles. The molecule has 0 radical (unpaired) electrons. The normalized spacial score (nSPS) is 16.4. The van der Waals surface area contributed by atoms with Gasteiger partial charge in [0.1, 0.15) is 12.1 Å². The van der Waals surface area contributed by atoms with Gasteiger partial charge in [-0.1, -0.05) is 6.07 Å². The second-order valence-corrected chi connectivity index (χ2v) is 5.98. The fourth-order valence-corrected chi connectivity index (χ4v) is 3.10. The predicted molar refractivity (Wildman–Crippen MR) is 90.6 cm³/mol. The second-order valence-electron chi connectivity index (χ2n) is 5.98. The summed E-state index contributed by atoms with van der Waals surface area (Å²) in [5, 5.41) is 0. The minimum atomic E-state index is 0.0749. The van der Waals surface area contributed by atoms with Crippen molar-refractivity contribution < 1.29 is 0 Å². The largest absolute Gasteiger partial charge is 0.356 e. The molecule has 0 bridgehead atoms. The van der Waals surface area contributed by atoms with Crippen LogP contribution in [0.15, 0.2) is 47.8 Å². The van der Waals surface area contributed by atoms with Gasteiger partial charge in [-0.2, -0.15) is 0 Å². The van der Waals surface area contributed by atoms with Gasteiger partial charge in [-0.15, -0.1) is 0 Å². The summed E-state index contributed by atoms with van der Waals surface area (Å²) in [5.74, 6) is 0.981. The maximum Gasteiger partial charge on any atom is 0.250 e. The quantitative estimate of drug-likeness (QED) is 0.831. The summed E-state index contributed by atoms with van der Waals surface area (Å²) in [6.07, 6.45) is 7.47. The first-order chi connectivity index (χ1) is 11.2. The molecule has 0 N–H and O–H groups in total. The Balaban J connectivity index is 1.49. The second kappa shape index (κ2) is 7.37. The van der Waals surface area contributed by atoms with Crippen LogP contribution in [-0.2, 0) is 6.54 Å². The Morgan fingerprint density at radius 3 is 2.74 bits per heavy atom. The van der Waals surface area contributed by atoms with Crippen LogP contribution in [0.4, 0.5) is 5.82 Å². The Morgan fingerprint density at radius 1 is 1.22 bits per heavy atom. The van der Waals surface area contributed by atoms with Crippen molar-refractivity contribution in [1.29, 1.82) is 0 Å². The minimum Gasteiger partial charge on any atom is -0.356 e. The Bertz CT molecular complexity index is 664. The van der Waals surface area contributed by atoms with Crippen LogP contribution in [0.1, 0.15) is 12.8 Å². The standard InChI is InChI=1S/C17H23N5O/c1-20(16-5-8-18-14-19-16)15-6-10-21(11-7-15)12-13-22-9-3-2-4-17(22)23/h2-5,8-9,14-15H,6-7,10-13H2,1H3. The van der Waals surface area contributed by atoms with E-state index in [9.17, 15) is 4.79 Å². The summed E-state index contributed by atoms with van der Waals surface area (Å²) in [4.78, 5) is 24.7. The summed E-state index contributed by atoms with van der Waals surface area (Å²) >= 11 is 0. The number of nitrogens with zero attached hydrogens (tertiary/aromatic N) is 5. The number of rotatable bonds is 5. The average molecular weight is 313 g/mol. The Morgan fingerprint density at radius 2 is 2.04 bits per heavy atom. The van der Waals surface area contributed by atoms with Crippen LogP contribution >= 0.6 is 0 Å². The van der Waals surface area contributed by atoms with E-state index in [1.807, 2.05) is 18.3 Å². The van der Waals surface area contributed by atoms with Gasteiger partial charge < -0.3 is 14.4 Å². The van der Waals surface area contributed by atoms with E-state index in [1.54, 1.807) is 29.2 Å². The van der Waals surface area contributed by atoms with Crippen molar-refractivity contribution in [3.8, 4) is 0 Å². The number of likely N-dealkylation sites (tertiary alicyclic amines) is 1. The van der Waals surface area contributed by atoms with Crippen molar-refractivity contribution in [2.45, 2.75) is 25.4 Å². The van der Waals surface area contributed by atoms with Crippen LogP contribution in [0.5, 0.6) is 0 Å². The molecule has 1 aliphatic heterocycles. The fraction of sp³-hybridized carbons (Fsp3) is 0.471. The van der Waals surface area contributed by atoms with Gasteiger partial charge in [-0.25, -0.2) is 9.97 Å². The van der Waals surface area contributed by atoms with Gasteiger partial charge in [0.05, 0.1) is 0 Å². The Hall–Kier alpha value is -2.21. The zero-order chi connectivity index (χ0) is 16.1. The number of aromatic nitrogens is 3. The maximum atomic E-state index is 11.7. The molecule has 0 aromatic carbocycles. The monoisotopic (exact) mass is 313 g/mol. The Labute approximate surface area is 136 Å². The maximum absolute atomic E-state index is 11.7. The molecule has 3 heterocycles. The molecule has 1 saturated heterocycles. The van der Waals surface area contributed by atoms with Crippen LogP contribution < -0.4 is 10.5 Å². The lowest BCUT2D eigenvalue weighted by atomic mass is 10.0. The van der Waals surface area contributed by atoms with Gasteiger partial charge in [0.15, 0.2) is 0 Å². The lowest BCUT2D eigenvalue weighted by Gasteiger charge is -2.37. The molecule has 2 aromatic rings. The van der Waals surface area contributed by atoms with E-state index in [2.05, 4.69) is 26.8 Å². The molecule has 6 heteroatoms. The van der Waals surface area contributed by atoms with E-state index < -0.39 is 0 Å². The third-order valence-electron chi connectivity index (χ3n) is 4.59. The predicted octanol–water partition coefficient (Wildman–Crippen LogP) is 1.24. The zero-order valence-electron chi connectivity index (χ0n) is 13.5. The number of hydrogen-bond acceptors (Lipinski definition) is 5. The molecule has 3 rings (SSSR count). The summed E-state index contributed by atoms with van der Waals surface area (Å²) in [7, 11) is 2.10. The molecule has 0 saturated carbocycles. The van der Waals surface area contributed by atoms with Gasteiger partial charge in [-0.3, -0.25) is 4.79 Å². The van der Waals surface area contributed by atoms with Crippen LogP contribution in [0.3, 0.4) is 0 Å². The molecular formula is C17H23N5O. The average Bonchev–Trinajstić information content (AvgIpc) is 2.62. The number of pyridine rings is 1. The van der Waals surface area contributed by atoms with Crippen LogP contribution in [0.25, 0.3) is 0 Å². The molecule has 0 amide bonds. The molecule has 2 aromatic heterocycles. The lowest BCUT2D eigenvalue weighted by molar-refractivity contribution is 0.203. The summed E-state index contributed by atoms with van der Waals surface area (Å²) in [6.45, 7) is 3.79. The molecule has 0 spiro atoms. The molecule has 6 nitrogen and oxygen atoms in total. The highest BCUT2D eigenvalue weighted by Crippen LogP contribution is 2.19. The lowest BCUT2D eigenvalue weighted by Crippen LogP contribution is -2.44. The van der Waals surface area contributed by atoms with Crippen LogP contribution in [0, 0.1) is 0 Å². The first kappa shape index (κ1) is 15.7. The van der Waals surface area contributed by atoms with E-state index in [4.69, 9.17) is 0 Å². The molecule has 23 heavy (non-hydrogen) atoms. The van der Waals surface area contributed by atoms with E-state index in [-0.39, 0.29) is 5.56 Å². The van der Waals surface area contributed by atoms with Crippen molar-refractivity contribution in [3.63, 3.8) is 0 Å². The van der Waals surface area contributed by atoms with Crippen molar-refractivity contribution >= 4 is 5.82 Å². The van der Waals surface area contributed by atoms with E-state index >= 15 is 0 Å². The van der Waals surface area contributed by atoms with Gasteiger partial charge in [0, 0.05) is 57.7 Å². The highest BCUT2D eigenvalue weighted by atomic mass is 16.1. The van der Waals surface area contributed by atoms with E-state index in [1.165, 1.54) is 0 Å². The molecule has 1 fully saturated rings. The molecule has 122 valence electrons. The van der Waals surface area contributed by atoms with Gasteiger partial charge >= 0.3 is 0 Å². The van der Waals surface area contributed by atoms with Gasteiger partial charge in [0.2, 0.25) is 0 Å². The minimum absolute atomic E-state index is 0.0749. The number of piperidine rings is 1. The third-order valence-corrected chi connectivity index (χ3v) is 4.59. The van der Waals surface area contributed by atoms with Gasteiger partial charge in [0.25, 0.3) is 5.56 Å². The van der Waals surface area contributed by atoms with Crippen molar-refractivity contribution in [3.05, 3.63) is 53.3 Å². The fourth-order valence-electron chi connectivity index (χ4n) is 3.10. The molecule has 0 atom stereocenters. The van der Waals surface area contributed by atoms with Crippen LogP contribution in [-0.4, -0.2) is 52.2 Å². The van der Waals surface area contributed by atoms with Crippen LogP contribution in [0.2, 0.25) is 0 Å². The summed E-state index contributed by atoms with van der Waals surface area (Å²) in [5.41, 5.74) is 0.0749. The highest BCUT2D eigenvalue weighted by Gasteiger charge is 2.23. The molecule has 1 aliphatic rings. The van der Waals surface area contributed by atoms with Crippen molar-refractivity contribution in [1.82, 2.24) is 19.4 Å². The first-order valence-electron chi connectivity index (χ1n) is 8.11.